The van der Waals surface area contributed by atoms with E-state index in [9.17, 15) is 5.11 Å². The van der Waals surface area contributed by atoms with Crippen LogP contribution in [-0.4, -0.2) is 28.3 Å². The van der Waals surface area contributed by atoms with Gasteiger partial charge in [-0.15, -0.1) is 0 Å². The molecule has 0 fully saturated rings. The van der Waals surface area contributed by atoms with Gasteiger partial charge < -0.3 is 9.22 Å². The number of hydrogen-bond acceptors (Lipinski definition) is 2. The molecule has 0 aromatic rings. The highest BCUT2D eigenvalue weighted by molar-refractivity contribution is 6.86. The van der Waals surface area contributed by atoms with Gasteiger partial charge in [0.05, 0.1) is 0 Å². The summed E-state index contributed by atoms with van der Waals surface area (Å²) in [6, 6.07) is 4.74. The van der Waals surface area contributed by atoms with Crippen molar-refractivity contribution in [1.29, 1.82) is 0 Å². The molecule has 0 heterocycles. The van der Waals surface area contributed by atoms with Gasteiger partial charge in [0.1, 0.15) is 0 Å². The van der Waals surface area contributed by atoms with E-state index in [4.69, 9.17) is 4.12 Å². The van der Waals surface area contributed by atoms with E-state index in [1.165, 1.54) is 115 Å². The minimum absolute atomic E-state index is 0.302. The van der Waals surface area contributed by atoms with Crippen molar-refractivity contribution in [3.63, 3.8) is 0 Å². The average molecular weight is 459 g/mol. The van der Waals surface area contributed by atoms with Crippen LogP contribution in [-0.2, 0) is 4.12 Å². The third-order valence-electron chi connectivity index (χ3n) is 7.00. The van der Waals surface area contributed by atoms with E-state index in [-0.39, 0.29) is 0 Å². The van der Waals surface area contributed by atoms with Crippen molar-refractivity contribution in [2.75, 3.05) is 6.61 Å². The van der Waals surface area contributed by atoms with Gasteiger partial charge >= 0.3 is 0 Å². The maximum atomic E-state index is 9.56. The van der Waals surface area contributed by atoms with Gasteiger partial charge in [0, 0.05) is 6.61 Å². The van der Waals surface area contributed by atoms with Crippen LogP contribution < -0.4 is 0 Å². The van der Waals surface area contributed by atoms with Gasteiger partial charge in [0.25, 0.3) is 0 Å². The molecule has 0 radical (unpaired) electrons. The lowest BCUT2D eigenvalue weighted by Gasteiger charge is -2.38. The average Bonchev–Trinajstić information content (AvgIpc) is 2.72. The molecule has 0 aromatic carbocycles. The van der Waals surface area contributed by atoms with Crippen LogP contribution in [0, 0.1) is 0 Å². The Bertz CT molecular complexity index is 367. The van der Waals surface area contributed by atoms with Gasteiger partial charge in [-0.1, -0.05) is 124 Å². The molecule has 182 valence electrons. The summed E-state index contributed by atoms with van der Waals surface area (Å²) in [7, 11) is -3.38. The van der Waals surface area contributed by atoms with Crippen LogP contribution in [0.15, 0.2) is 0 Å². The molecule has 0 aromatic heterocycles. The molecule has 2 atom stereocenters. The van der Waals surface area contributed by atoms with Crippen LogP contribution in [0.4, 0.5) is 0 Å². The van der Waals surface area contributed by atoms with Crippen LogP contribution in [0.2, 0.25) is 37.3 Å². The molecule has 0 saturated heterocycles. The Morgan fingerprint density at radius 2 is 0.867 bits per heavy atom. The molecular formula is C26H58O2Si2. The third kappa shape index (κ3) is 17.0. The van der Waals surface area contributed by atoms with Crippen molar-refractivity contribution in [3.8, 4) is 0 Å². The maximum Gasteiger partial charge on any atom is 0.178 e. The van der Waals surface area contributed by atoms with Gasteiger partial charge in [0.2, 0.25) is 0 Å². The fraction of sp³-hybridized carbons (Fsp3) is 1.00. The molecule has 0 saturated carbocycles. The minimum atomic E-state index is -1.73. The van der Waals surface area contributed by atoms with E-state index in [1.807, 2.05) is 0 Å². The number of hydrogen-bond donors (Lipinski definition) is 1. The largest absolute Gasteiger partial charge is 0.455 e. The Morgan fingerprint density at radius 3 is 1.20 bits per heavy atom. The summed E-state index contributed by atoms with van der Waals surface area (Å²) >= 11 is 0. The highest BCUT2D eigenvalue weighted by Gasteiger charge is 2.37. The zero-order valence-corrected chi connectivity index (χ0v) is 23.7. The first-order valence-electron chi connectivity index (χ1n) is 13.8. The van der Waals surface area contributed by atoms with E-state index in [2.05, 4.69) is 33.9 Å². The number of rotatable bonds is 23. The number of unbranched alkanes of at least 4 members (excludes halogenated alkanes) is 14. The molecular weight excluding hydrogens is 400 g/mol. The molecule has 0 aliphatic rings. The summed E-state index contributed by atoms with van der Waals surface area (Å²) in [4.78, 5) is 0. The quantitative estimate of drug-likeness (QED) is 0.122. The predicted molar refractivity (Wildman–Crippen MR) is 142 cm³/mol. The van der Waals surface area contributed by atoms with Crippen molar-refractivity contribution in [2.24, 2.45) is 0 Å². The second-order valence-corrected chi connectivity index (χ2v) is 19.1. The van der Waals surface area contributed by atoms with Crippen molar-refractivity contribution >= 4 is 16.6 Å². The predicted octanol–water partition coefficient (Wildman–Crippen LogP) is 9.45. The molecule has 0 aliphatic heterocycles. The summed E-state index contributed by atoms with van der Waals surface area (Å²) in [5.41, 5.74) is 0. The van der Waals surface area contributed by atoms with Gasteiger partial charge in [0.15, 0.2) is 16.6 Å². The van der Waals surface area contributed by atoms with Gasteiger partial charge in [-0.3, -0.25) is 0 Å². The number of aliphatic hydroxyl groups is 1. The lowest BCUT2D eigenvalue weighted by Crippen LogP contribution is -2.48. The summed E-state index contributed by atoms with van der Waals surface area (Å²) in [5, 5.41) is 9.56. The Labute approximate surface area is 193 Å². The summed E-state index contributed by atoms with van der Waals surface area (Å²) in [6.45, 7) is 12.1. The first-order chi connectivity index (χ1) is 14.4. The van der Waals surface area contributed by atoms with Gasteiger partial charge in [-0.2, -0.15) is 0 Å². The lowest BCUT2D eigenvalue weighted by atomic mass is 10.1. The Kier molecular flexibility index (Phi) is 20.2. The topological polar surface area (TPSA) is 29.5 Å². The molecule has 30 heavy (non-hydrogen) atoms. The Hall–Kier alpha value is 0.354. The molecule has 2 unspecified atom stereocenters. The second-order valence-electron chi connectivity index (χ2n) is 10.3. The van der Waals surface area contributed by atoms with Crippen molar-refractivity contribution in [3.05, 3.63) is 0 Å². The number of aliphatic hydroxyl groups excluding tert-OH is 1. The van der Waals surface area contributed by atoms with Gasteiger partial charge in [-0.05, 0) is 37.3 Å². The first-order valence-corrected chi connectivity index (χ1v) is 19.4. The molecule has 0 amide bonds. The molecule has 0 rings (SSSR count). The normalized spacial score (nSPS) is 15.8. The van der Waals surface area contributed by atoms with Crippen LogP contribution >= 0.6 is 0 Å². The van der Waals surface area contributed by atoms with Gasteiger partial charge in [-0.25, -0.2) is 0 Å². The fourth-order valence-electron chi connectivity index (χ4n) is 4.62. The lowest BCUT2D eigenvalue weighted by molar-refractivity contribution is 0.310. The first kappa shape index (κ1) is 30.4. The van der Waals surface area contributed by atoms with Crippen molar-refractivity contribution in [2.45, 2.75) is 161 Å². The van der Waals surface area contributed by atoms with E-state index in [1.54, 1.807) is 0 Å². The molecule has 1 N–H and O–H groups in total. The molecule has 2 nitrogen and oxygen atoms in total. The second kappa shape index (κ2) is 20.0. The Morgan fingerprint density at radius 1 is 0.500 bits per heavy atom. The van der Waals surface area contributed by atoms with Crippen LogP contribution in [0.1, 0.15) is 124 Å². The summed E-state index contributed by atoms with van der Waals surface area (Å²) < 4.78 is 7.04. The molecule has 4 heteroatoms. The highest BCUT2D eigenvalue weighted by atomic mass is 28.4. The molecule has 0 bridgehead atoms. The van der Waals surface area contributed by atoms with E-state index in [0.29, 0.717) is 6.61 Å². The van der Waals surface area contributed by atoms with E-state index >= 15 is 0 Å². The van der Waals surface area contributed by atoms with E-state index in [0.717, 1.165) is 12.1 Å². The van der Waals surface area contributed by atoms with Crippen LogP contribution in [0.3, 0.4) is 0 Å². The third-order valence-corrected chi connectivity index (χ3v) is 16.5. The van der Waals surface area contributed by atoms with Crippen LogP contribution in [0.25, 0.3) is 0 Å². The SMILES string of the molecule is CCCCCCCCCCCC[Si](C)(CCCCCCCC)O[Si](C)(CC)CCO. The zero-order valence-electron chi connectivity index (χ0n) is 21.7. The monoisotopic (exact) mass is 458 g/mol. The smallest absolute Gasteiger partial charge is 0.178 e. The summed E-state index contributed by atoms with van der Waals surface area (Å²) in [5.74, 6) is 0. The standard InChI is InChI=1S/C26H58O2Si2/c1-6-9-11-13-15-16-17-18-20-22-25-30(5,24-21-19-14-12-10-7-2)28-29(4,8-3)26-23-27/h27H,6-26H2,1-5H3. The highest BCUT2D eigenvalue weighted by Crippen LogP contribution is 2.31. The van der Waals surface area contributed by atoms with Crippen molar-refractivity contribution < 1.29 is 9.22 Å². The molecule has 0 spiro atoms. The fourth-order valence-corrected chi connectivity index (χ4v) is 14.3. The maximum absolute atomic E-state index is 9.56. The summed E-state index contributed by atoms with van der Waals surface area (Å²) in [6.07, 6.45) is 22.4. The van der Waals surface area contributed by atoms with Crippen molar-refractivity contribution in [1.82, 2.24) is 0 Å². The van der Waals surface area contributed by atoms with Crippen LogP contribution in [0.5, 0.6) is 0 Å². The van der Waals surface area contributed by atoms with E-state index < -0.39 is 16.6 Å². The Balaban J connectivity index is 4.31. The molecule has 0 aliphatic carbocycles. The zero-order chi connectivity index (χ0) is 22.6. The minimum Gasteiger partial charge on any atom is -0.455 e.